The molecule has 0 aromatic carbocycles. The third-order valence-corrected chi connectivity index (χ3v) is 1.59. The van der Waals surface area contributed by atoms with Crippen LogP contribution in [0.2, 0.25) is 8.97 Å². The van der Waals surface area contributed by atoms with E-state index >= 15 is 0 Å². The Kier molecular flexibility index (Phi) is 6.15. The predicted octanol–water partition coefficient (Wildman–Crippen LogP) is 3.31. The minimum absolute atomic E-state index is 0.01000. The Morgan fingerprint density at radius 1 is 0.800 bits per heavy atom. The van der Waals surface area contributed by atoms with Gasteiger partial charge in [0, 0.05) is 12.4 Å². The molecule has 0 amide bonds. The summed E-state index contributed by atoms with van der Waals surface area (Å²) in [6, 6.07) is 11.6. The zero-order valence-electron chi connectivity index (χ0n) is 9.22. The van der Waals surface area contributed by atoms with Crippen LogP contribution in [0.1, 0.15) is 0 Å². The molecule has 0 saturated carbocycles. The standard InChI is InChI=1S/C10H8N2.2CH3.Cd/c1-3-7-11-9(5-1)10-6-2-4-8-12-10;;;/h1-8H;2*1H3;. The fourth-order valence-electron chi connectivity index (χ4n) is 1.03. The zero-order valence-corrected chi connectivity index (χ0v) is 13.3. The third kappa shape index (κ3) is 4.51. The van der Waals surface area contributed by atoms with Gasteiger partial charge in [-0.25, -0.2) is 0 Å². The van der Waals surface area contributed by atoms with E-state index in [0.29, 0.717) is 0 Å². The molecule has 0 aliphatic rings. The van der Waals surface area contributed by atoms with Crippen molar-refractivity contribution in [3.8, 4) is 11.4 Å². The van der Waals surface area contributed by atoms with Crippen LogP contribution in [0, 0.1) is 0 Å². The van der Waals surface area contributed by atoms with Gasteiger partial charge in [0.1, 0.15) is 0 Å². The molecule has 0 aliphatic carbocycles. The van der Waals surface area contributed by atoms with Crippen molar-refractivity contribution in [3.63, 3.8) is 0 Å². The van der Waals surface area contributed by atoms with Crippen molar-refractivity contribution in [2.75, 3.05) is 0 Å². The summed E-state index contributed by atoms with van der Waals surface area (Å²) in [4.78, 5) is 8.37. The molecule has 2 aromatic heterocycles. The molecule has 0 spiro atoms. The Morgan fingerprint density at radius 3 is 1.47 bits per heavy atom. The molecular formula is C12H14CdN2. The van der Waals surface area contributed by atoms with Crippen LogP contribution >= 0.6 is 0 Å². The Morgan fingerprint density at radius 2 is 1.20 bits per heavy atom. The minimum atomic E-state index is -0.01000. The first-order valence-corrected chi connectivity index (χ1v) is 13.3. The molecule has 0 N–H and O–H groups in total. The Hall–Kier alpha value is -0.778. The maximum absolute atomic E-state index is 4.19. The summed E-state index contributed by atoms with van der Waals surface area (Å²) in [5, 5.41) is 0. The molecule has 0 atom stereocenters. The van der Waals surface area contributed by atoms with E-state index < -0.39 is 0 Å². The van der Waals surface area contributed by atoms with Crippen LogP contribution in [-0.2, 0) is 24.2 Å². The second-order valence-corrected chi connectivity index (χ2v) is 7.17. The fourth-order valence-corrected chi connectivity index (χ4v) is 1.03. The third-order valence-electron chi connectivity index (χ3n) is 1.59. The molecule has 0 bridgehead atoms. The van der Waals surface area contributed by atoms with Crippen LogP contribution in [0.4, 0.5) is 0 Å². The van der Waals surface area contributed by atoms with Crippen LogP contribution in [0.25, 0.3) is 11.4 Å². The molecule has 3 heteroatoms. The largest absolute Gasteiger partial charge is 0.255 e. The van der Waals surface area contributed by atoms with Gasteiger partial charge < -0.3 is 0 Å². The molecule has 15 heavy (non-hydrogen) atoms. The Labute approximate surface area is 103 Å². The number of rotatable bonds is 1. The molecule has 0 radical (unpaired) electrons. The van der Waals surface area contributed by atoms with E-state index in [4.69, 9.17) is 0 Å². The molecule has 0 unspecified atom stereocenters. The van der Waals surface area contributed by atoms with Crippen LogP contribution in [-0.4, -0.2) is 9.97 Å². The Bertz CT molecular complexity index is 324. The van der Waals surface area contributed by atoms with Crippen molar-refractivity contribution in [1.82, 2.24) is 9.97 Å². The second-order valence-electron chi connectivity index (χ2n) is 3.14. The van der Waals surface area contributed by atoms with Crippen molar-refractivity contribution >= 4 is 0 Å². The van der Waals surface area contributed by atoms with E-state index in [1.54, 1.807) is 12.4 Å². The normalized spacial score (nSPS) is 8.40. The molecule has 2 aromatic rings. The zero-order chi connectivity index (χ0) is 10.9. The van der Waals surface area contributed by atoms with Crippen molar-refractivity contribution in [3.05, 3.63) is 48.8 Å². The van der Waals surface area contributed by atoms with Gasteiger partial charge >= 0.3 is 33.2 Å². The predicted molar refractivity (Wildman–Crippen MR) is 59.2 cm³/mol. The van der Waals surface area contributed by atoms with Gasteiger partial charge in [-0.15, -0.1) is 0 Å². The van der Waals surface area contributed by atoms with Crippen molar-refractivity contribution in [1.29, 1.82) is 0 Å². The van der Waals surface area contributed by atoms with Gasteiger partial charge in [-0.3, -0.25) is 9.97 Å². The number of hydrogen-bond donors (Lipinski definition) is 0. The van der Waals surface area contributed by atoms with Gasteiger partial charge in [0.25, 0.3) is 0 Å². The van der Waals surface area contributed by atoms with Crippen LogP contribution in [0.5, 0.6) is 0 Å². The summed E-state index contributed by atoms with van der Waals surface area (Å²) < 4.78 is 4.67. The van der Waals surface area contributed by atoms with Gasteiger partial charge in [0.15, 0.2) is 0 Å². The molecular weight excluding hydrogens is 285 g/mol. The fraction of sp³-hybridized carbons (Fsp3) is 0.167. The van der Waals surface area contributed by atoms with E-state index in [2.05, 4.69) is 18.9 Å². The summed E-state index contributed by atoms with van der Waals surface area (Å²) >= 11 is -0.01000. The van der Waals surface area contributed by atoms with Gasteiger partial charge in [-0.2, -0.15) is 0 Å². The van der Waals surface area contributed by atoms with Crippen molar-refractivity contribution < 1.29 is 24.2 Å². The quantitative estimate of drug-likeness (QED) is 0.755. The molecule has 0 aliphatic heterocycles. The number of hydrogen-bond acceptors (Lipinski definition) is 2. The van der Waals surface area contributed by atoms with Crippen molar-refractivity contribution in [2.24, 2.45) is 0 Å². The summed E-state index contributed by atoms with van der Waals surface area (Å²) in [5.41, 5.74) is 1.83. The number of nitrogens with zero attached hydrogens (tertiary/aromatic N) is 2. The smallest absolute Gasteiger partial charge is 0.0886 e. The van der Waals surface area contributed by atoms with Crippen LogP contribution in [0.3, 0.4) is 0 Å². The first-order valence-electron chi connectivity index (χ1n) is 5.21. The maximum Gasteiger partial charge on any atom is 0.0886 e. The number of aromatic nitrogens is 2. The summed E-state index contributed by atoms with van der Waals surface area (Å²) in [5.74, 6) is 0. The minimum Gasteiger partial charge on any atom is -0.255 e. The molecule has 0 fully saturated rings. The van der Waals surface area contributed by atoms with E-state index in [1.165, 1.54) is 0 Å². The SMILES string of the molecule is [CH3][Cd][CH3].c1ccc(-c2ccccn2)nc1. The van der Waals surface area contributed by atoms with Gasteiger partial charge in [-0.1, -0.05) is 12.1 Å². The Balaban J connectivity index is 0.000000337. The molecule has 2 nitrogen and oxygen atoms in total. The average Bonchev–Trinajstić information content (AvgIpc) is 2.32. The summed E-state index contributed by atoms with van der Waals surface area (Å²) in [6.07, 6.45) is 3.54. The first kappa shape index (κ1) is 12.3. The molecule has 2 heterocycles. The summed E-state index contributed by atoms with van der Waals surface area (Å²) in [7, 11) is 0. The van der Waals surface area contributed by atoms with E-state index in [1.807, 2.05) is 36.4 Å². The van der Waals surface area contributed by atoms with Crippen LogP contribution < -0.4 is 0 Å². The second kappa shape index (κ2) is 7.51. The number of pyridine rings is 2. The van der Waals surface area contributed by atoms with E-state index in [0.717, 1.165) is 11.4 Å². The molecule has 74 valence electrons. The first-order chi connectivity index (χ1) is 7.38. The van der Waals surface area contributed by atoms with Crippen LogP contribution in [0.15, 0.2) is 48.8 Å². The average molecular weight is 299 g/mol. The van der Waals surface area contributed by atoms with Gasteiger partial charge in [-0.05, 0) is 24.3 Å². The van der Waals surface area contributed by atoms with E-state index in [9.17, 15) is 0 Å². The van der Waals surface area contributed by atoms with Gasteiger partial charge in [0.05, 0.1) is 11.4 Å². The van der Waals surface area contributed by atoms with Gasteiger partial charge in [0.2, 0.25) is 0 Å². The molecule has 0 saturated heterocycles. The summed E-state index contributed by atoms with van der Waals surface area (Å²) in [6.45, 7) is 0. The van der Waals surface area contributed by atoms with E-state index in [-0.39, 0.29) is 24.2 Å². The monoisotopic (exact) mass is 300 g/mol. The maximum atomic E-state index is 4.19. The molecule has 2 rings (SSSR count). The topological polar surface area (TPSA) is 25.8 Å². The van der Waals surface area contributed by atoms with Crippen molar-refractivity contribution in [2.45, 2.75) is 8.97 Å².